The van der Waals surface area contributed by atoms with Crippen molar-refractivity contribution in [2.75, 3.05) is 5.32 Å². The van der Waals surface area contributed by atoms with Gasteiger partial charge < -0.3 is 10.1 Å². The van der Waals surface area contributed by atoms with E-state index in [9.17, 15) is 4.79 Å². The van der Waals surface area contributed by atoms with Crippen LogP contribution in [0.25, 0.3) is 0 Å². The molecule has 0 saturated heterocycles. The zero-order valence-corrected chi connectivity index (χ0v) is 14.0. The number of hydrogen-bond acceptors (Lipinski definition) is 2. The van der Waals surface area contributed by atoms with Gasteiger partial charge in [0.2, 0.25) is 0 Å². The molecule has 0 bridgehead atoms. The maximum absolute atomic E-state index is 12.1. The van der Waals surface area contributed by atoms with Gasteiger partial charge in [0.15, 0.2) is 6.10 Å². The summed E-state index contributed by atoms with van der Waals surface area (Å²) in [5.41, 5.74) is 1.69. The van der Waals surface area contributed by atoms with Crippen molar-refractivity contribution in [3.63, 3.8) is 0 Å². The van der Waals surface area contributed by atoms with E-state index < -0.39 is 6.10 Å². The van der Waals surface area contributed by atoms with E-state index in [1.165, 1.54) is 0 Å². The van der Waals surface area contributed by atoms with E-state index in [4.69, 9.17) is 16.3 Å². The fraction of sp³-hybridized carbons (Fsp3) is 0.188. The number of ether oxygens (including phenoxy) is 1. The lowest BCUT2D eigenvalue weighted by Gasteiger charge is -2.16. The molecule has 0 spiro atoms. The molecule has 0 aliphatic rings. The predicted octanol–water partition coefficient (Wildman–Crippen LogP) is 4.82. The number of aryl methyl sites for hydroxylation is 1. The largest absolute Gasteiger partial charge is 0.480 e. The highest BCUT2D eigenvalue weighted by Crippen LogP contribution is 2.27. The Bertz CT molecular complexity index is 660. The van der Waals surface area contributed by atoms with Crippen LogP contribution in [0.15, 0.2) is 46.9 Å². The van der Waals surface area contributed by atoms with Gasteiger partial charge in [0.25, 0.3) is 5.91 Å². The fourth-order valence-corrected chi connectivity index (χ4v) is 2.51. The zero-order valence-electron chi connectivity index (χ0n) is 11.7. The fourth-order valence-electron chi connectivity index (χ4n) is 1.74. The van der Waals surface area contributed by atoms with Gasteiger partial charge in [-0.15, -0.1) is 0 Å². The first kappa shape index (κ1) is 15.9. The first-order chi connectivity index (χ1) is 9.97. The molecular weight excluding hydrogens is 354 g/mol. The third-order valence-electron chi connectivity index (χ3n) is 2.89. The summed E-state index contributed by atoms with van der Waals surface area (Å²) in [6.07, 6.45) is -0.639. The summed E-state index contributed by atoms with van der Waals surface area (Å²) in [5.74, 6) is 0.373. The first-order valence-corrected chi connectivity index (χ1v) is 7.62. The number of anilines is 1. The maximum Gasteiger partial charge on any atom is 0.265 e. The monoisotopic (exact) mass is 367 g/mol. The summed E-state index contributed by atoms with van der Waals surface area (Å²) in [4.78, 5) is 12.1. The summed E-state index contributed by atoms with van der Waals surface area (Å²) in [7, 11) is 0. The number of carbonyl (C=O) groups excluding carboxylic acids is 1. The topological polar surface area (TPSA) is 38.3 Å². The number of amides is 1. The van der Waals surface area contributed by atoms with Gasteiger partial charge in [0.1, 0.15) is 5.75 Å². The predicted molar refractivity (Wildman–Crippen MR) is 89.1 cm³/mol. The van der Waals surface area contributed by atoms with Gasteiger partial charge in [-0.1, -0.05) is 29.8 Å². The molecule has 0 aromatic heterocycles. The van der Waals surface area contributed by atoms with Crippen molar-refractivity contribution >= 4 is 39.1 Å². The van der Waals surface area contributed by atoms with Crippen LogP contribution in [-0.4, -0.2) is 12.0 Å². The van der Waals surface area contributed by atoms with Crippen LogP contribution < -0.4 is 10.1 Å². The van der Waals surface area contributed by atoms with E-state index >= 15 is 0 Å². The number of halogens is 2. The van der Waals surface area contributed by atoms with Crippen molar-refractivity contribution in [2.45, 2.75) is 20.0 Å². The van der Waals surface area contributed by atoms with Crippen LogP contribution in [0.1, 0.15) is 12.5 Å². The molecule has 0 unspecified atom stereocenters. The second kappa shape index (κ2) is 6.96. The number of hydrogen-bond donors (Lipinski definition) is 1. The molecule has 3 nitrogen and oxygen atoms in total. The smallest absolute Gasteiger partial charge is 0.265 e. The Morgan fingerprint density at radius 1 is 1.29 bits per heavy atom. The molecule has 21 heavy (non-hydrogen) atoms. The van der Waals surface area contributed by atoms with Crippen LogP contribution in [0.4, 0.5) is 5.69 Å². The third-order valence-corrected chi connectivity index (χ3v) is 3.84. The molecule has 2 rings (SSSR count). The minimum Gasteiger partial charge on any atom is -0.480 e. The van der Waals surface area contributed by atoms with Gasteiger partial charge in [0.05, 0.1) is 15.2 Å². The Morgan fingerprint density at radius 2 is 2.00 bits per heavy atom. The Balaban J connectivity index is 2.04. The second-order valence-electron chi connectivity index (χ2n) is 4.66. The van der Waals surface area contributed by atoms with Crippen molar-refractivity contribution in [1.29, 1.82) is 0 Å². The Kier molecular flexibility index (Phi) is 5.26. The second-order valence-corrected chi connectivity index (χ2v) is 5.92. The third kappa shape index (κ3) is 4.22. The van der Waals surface area contributed by atoms with E-state index in [-0.39, 0.29) is 5.91 Å². The van der Waals surface area contributed by atoms with Gasteiger partial charge in [-0.05, 0) is 59.6 Å². The molecule has 1 atom stereocenters. The van der Waals surface area contributed by atoms with E-state index in [2.05, 4.69) is 21.2 Å². The van der Waals surface area contributed by atoms with E-state index in [1.807, 2.05) is 31.2 Å². The lowest BCUT2D eigenvalue weighted by Crippen LogP contribution is -2.30. The van der Waals surface area contributed by atoms with Gasteiger partial charge in [-0.25, -0.2) is 0 Å². The van der Waals surface area contributed by atoms with Gasteiger partial charge in [-0.2, -0.15) is 0 Å². The summed E-state index contributed by atoms with van der Waals surface area (Å²) in [5, 5.41) is 3.24. The first-order valence-electron chi connectivity index (χ1n) is 6.45. The zero-order chi connectivity index (χ0) is 15.4. The number of nitrogens with one attached hydrogen (secondary N) is 1. The standard InChI is InChI=1S/C16H15BrClNO2/c1-10-7-8-15(12(17)9-10)21-11(2)16(20)19-14-6-4-3-5-13(14)18/h3-9,11H,1-2H3,(H,19,20)/t11-/m0/s1. The average molecular weight is 369 g/mol. The molecule has 1 N–H and O–H groups in total. The van der Waals surface area contributed by atoms with Crippen molar-refractivity contribution < 1.29 is 9.53 Å². The average Bonchev–Trinajstić information content (AvgIpc) is 2.44. The Morgan fingerprint density at radius 3 is 2.67 bits per heavy atom. The minimum atomic E-state index is -0.639. The number of benzene rings is 2. The van der Waals surface area contributed by atoms with Crippen LogP contribution in [0.5, 0.6) is 5.75 Å². The summed E-state index contributed by atoms with van der Waals surface area (Å²) in [6.45, 7) is 3.68. The van der Waals surface area contributed by atoms with Crippen LogP contribution in [0.2, 0.25) is 5.02 Å². The Labute approximate surface area is 137 Å². The lowest BCUT2D eigenvalue weighted by molar-refractivity contribution is -0.122. The summed E-state index contributed by atoms with van der Waals surface area (Å²) in [6, 6.07) is 12.8. The molecule has 0 fully saturated rings. The molecule has 2 aromatic rings. The molecule has 0 aliphatic heterocycles. The van der Waals surface area contributed by atoms with Crippen molar-refractivity contribution in [3.05, 3.63) is 57.5 Å². The summed E-state index contributed by atoms with van der Waals surface area (Å²) >= 11 is 9.44. The molecule has 0 heterocycles. The molecular formula is C16H15BrClNO2. The molecule has 110 valence electrons. The van der Waals surface area contributed by atoms with Gasteiger partial charge in [-0.3, -0.25) is 4.79 Å². The van der Waals surface area contributed by atoms with Crippen LogP contribution in [0, 0.1) is 6.92 Å². The van der Waals surface area contributed by atoms with Crippen LogP contribution in [0.3, 0.4) is 0 Å². The highest BCUT2D eigenvalue weighted by atomic mass is 79.9. The molecule has 0 saturated carbocycles. The minimum absolute atomic E-state index is 0.254. The Hall–Kier alpha value is -1.52. The molecule has 2 aromatic carbocycles. The number of para-hydroxylation sites is 1. The SMILES string of the molecule is Cc1ccc(O[C@@H](C)C(=O)Nc2ccccc2Cl)c(Br)c1. The van der Waals surface area contributed by atoms with Gasteiger partial charge in [0, 0.05) is 0 Å². The highest BCUT2D eigenvalue weighted by molar-refractivity contribution is 9.10. The van der Waals surface area contributed by atoms with Gasteiger partial charge >= 0.3 is 0 Å². The molecule has 0 radical (unpaired) electrons. The lowest BCUT2D eigenvalue weighted by atomic mass is 10.2. The normalized spacial score (nSPS) is 11.8. The molecule has 5 heteroatoms. The van der Waals surface area contributed by atoms with E-state index in [0.29, 0.717) is 16.5 Å². The van der Waals surface area contributed by atoms with Crippen LogP contribution >= 0.6 is 27.5 Å². The van der Waals surface area contributed by atoms with Crippen molar-refractivity contribution in [2.24, 2.45) is 0 Å². The summed E-state index contributed by atoms with van der Waals surface area (Å²) < 4.78 is 6.49. The van der Waals surface area contributed by atoms with Crippen molar-refractivity contribution in [1.82, 2.24) is 0 Å². The molecule has 0 aliphatic carbocycles. The highest BCUT2D eigenvalue weighted by Gasteiger charge is 2.17. The number of carbonyl (C=O) groups is 1. The van der Waals surface area contributed by atoms with E-state index in [1.54, 1.807) is 25.1 Å². The maximum atomic E-state index is 12.1. The molecule has 1 amide bonds. The quantitative estimate of drug-likeness (QED) is 0.840. The van der Waals surface area contributed by atoms with E-state index in [0.717, 1.165) is 10.0 Å². The number of rotatable bonds is 4. The van der Waals surface area contributed by atoms with Crippen LogP contribution in [-0.2, 0) is 4.79 Å². The van der Waals surface area contributed by atoms with Crippen molar-refractivity contribution in [3.8, 4) is 5.75 Å².